The van der Waals surface area contributed by atoms with E-state index in [2.05, 4.69) is 40.3 Å². The normalized spacial score (nSPS) is 12.5. The van der Waals surface area contributed by atoms with Crippen LogP contribution in [-0.4, -0.2) is 9.97 Å². The molecule has 3 rings (SSSR count). The van der Waals surface area contributed by atoms with E-state index in [4.69, 9.17) is 5.73 Å². The van der Waals surface area contributed by atoms with Gasteiger partial charge in [0.05, 0.1) is 6.04 Å². The van der Waals surface area contributed by atoms with E-state index in [1.807, 2.05) is 12.1 Å². The van der Waals surface area contributed by atoms with Crippen LogP contribution in [0.3, 0.4) is 0 Å². The molecule has 2 aromatic carbocycles. The van der Waals surface area contributed by atoms with Crippen LogP contribution in [0.15, 0.2) is 60.9 Å². The fourth-order valence-corrected chi connectivity index (χ4v) is 2.21. The Balaban J connectivity index is 1.85. The summed E-state index contributed by atoms with van der Waals surface area (Å²) in [7, 11) is 0. The Hall–Kier alpha value is -2.26. The minimum Gasteiger partial charge on any atom is -0.321 e. The molecule has 0 saturated heterocycles. The summed E-state index contributed by atoms with van der Waals surface area (Å²) in [6.45, 7) is 0. The van der Waals surface area contributed by atoms with Crippen molar-refractivity contribution in [1.82, 2.24) is 9.97 Å². The zero-order valence-corrected chi connectivity index (χ0v) is 10.5. The Bertz CT molecular complexity index is 680. The Labute approximate surface area is 112 Å². The molecular weight excluding hydrogens is 234 g/mol. The molecule has 0 spiro atoms. The van der Waals surface area contributed by atoms with E-state index >= 15 is 0 Å². The van der Waals surface area contributed by atoms with Gasteiger partial charge >= 0.3 is 0 Å². The minimum atomic E-state index is -0.164. The molecule has 1 aromatic heterocycles. The molecule has 1 heterocycles. The summed E-state index contributed by atoms with van der Waals surface area (Å²) in [5, 5.41) is 2.48. The number of nitrogens with zero attached hydrogens (tertiary/aromatic N) is 2. The van der Waals surface area contributed by atoms with E-state index in [9.17, 15) is 0 Å². The molecule has 19 heavy (non-hydrogen) atoms. The van der Waals surface area contributed by atoms with Crippen LogP contribution < -0.4 is 5.73 Å². The van der Waals surface area contributed by atoms with Crippen LogP contribution in [0.1, 0.15) is 17.4 Å². The molecule has 0 aliphatic carbocycles. The number of hydrogen-bond donors (Lipinski definition) is 1. The van der Waals surface area contributed by atoms with Crippen molar-refractivity contribution in [3.63, 3.8) is 0 Å². The average molecular weight is 249 g/mol. The Morgan fingerprint density at radius 1 is 0.895 bits per heavy atom. The molecule has 3 heteroatoms. The lowest BCUT2D eigenvalue weighted by molar-refractivity contribution is 0.667. The topological polar surface area (TPSA) is 51.8 Å². The largest absolute Gasteiger partial charge is 0.321 e. The molecule has 0 radical (unpaired) electrons. The molecule has 0 saturated carbocycles. The lowest BCUT2D eigenvalue weighted by Crippen LogP contribution is -2.16. The molecule has 0 aliphatic heterocycles. The molecule has 94 valence electrons. The predicted molar refractivity (Wildman–Crippen MR) is 76.6 cm³/mol. The van der Waals surface area contributed by atoms with Crippen LogP contribution in [0.4, 0.5) is 0 Å². The van der Waals surface area contributed by atoms with Gasteiger partial charge in [-0.15, -0.1) is 0 Å². The van der Waals surface area contributed by atoms with Crippen LogP contribution in [0.25, 0.3) is 10.8 Å². The zero-order valence-electron chi connectivity index (χ0n) is 10.5. The molecule has 0 aliphatic rings. The third-order valence-electron chi connectivity index (χ3n) is 3.19. The molecule has 1 unspecified atom stereocenters. The molecule has 3 nitrogen and oxygen atoms in total. The summed E-state index contributed by atoms with van der Waals surface area (Å²) < 4.78 is 0. The van der Waals surface area contributed by atoms with E-state index < -0.39 is 0 Å². The van der Waals surface area contributed by atoms with Crippen LogP contribution in [0.2, 0.25) is 0 Å². The fraction of sp³-hybridized carbons (Fsp3) is 0.125. The van der Waals surface area contributed by atoms with E-state index in [1.54, 1.807) is 18.5 Å². The molecule has 3 aromatic rings. The van der Waals surface area contributed by atoms with Gasteiger partial charge in [-0.2, -0.15) is 0 Å². The molecule has 0 fully saturated rings. The molecule has 0 amide bonds. The van der Waals surface area contributed by atoms with Gasteiger partial charge in [0.25, 0.3) is 0 Å². The highest BCUT2D eigenvalue weighted by atomic mass is 14.9. The zero-order chi connectivity index (χ0) is 13.1. The predicted octanol–water partition coefficient (Wildman–Crippen LogP) is 2.87. The molecule has 2 N–H and O–H groups in total. The maximum Gasteiger partial charge on any atom is 0.145 e. The monoisotopic (exact) mass is 249 g/mol. The molecule has 1 atom stereocenters. The van der Waals surface area contributed by atoms with Crippen LogP contribution in [-0.2, 0) is 6.42 Å². The van der Waals surface area contributed by atoms with Gasteiger partial charge in [0.1, 0.15) is 5.82 Å². The van der Waals surface area contributed by atoms with E-state index in [0.29, 0.717) is 5.82 Å². The standard InChI is InChI=1S/C16H15N3/c17-15(16-18-8-3-9-19-16)11-12-6-7-13-4-1-2-5-14(13)10-12/h1-10,15H,11,17H2. The number of rotatable bonds is 3. The number of benzene rings is 2. The van der Waals surface area contributed by atoms with Gasteiger partial charge in [-0.3, -0.25) is 0 Å². The Morgan fingerprint density at radius 2 is 1.63 bits per heavy atom. The Morgan fingerprint density at radius 3 is 2.42 bits per heavy atom. The van der Waals surface area contributed by atoms with Crippen molar-refractivity contribution in [2.75, 3.05) is 0 Å². The number of nitrogens with two attached hydrogens (primary N) is 1. The molecular formula is C16H15N3. The lowest BCUT2D eigenvalue weighted by Gasteiger charge is -2.10. The van der Waals surface area contributed by atoms with Gasteiger partial charge in [-0.25, -0.2) is 9.97 Å². The van der Waals surface area contributed by atoms with Crippen molar-refractivity contribution in [1.29, 1.82) is 0 Å². The minimum absolute atomic E-state index is 0.164. The highest BCUT2D eigenvalue weighted by Crippen LogP contribution is 2.18. The first kappa shape index (κ1) is 11.8. The first-order chi connectivity index (χ1) is 9.33. The van der Waals surface area contributed by atoms with Gasteiger partial charge in [-0.05, 0) is 28.8 Å². The average Bonchev–Trinajstić information content (AvgIpc) is 2.48. The van der Waals surface area contributed by atoms with Gasteiger partial charge < -0.3 is 5.73 Å². The molecule has 0 bridgehead atoms. The quantitative estimate of drug-likeness (QED) is 0.776. The van der Waals surface area contributed by atoms with Gasteiger partial charge in [0.2, 0.25) is 0 Å². The summed E-state index contributed by atoms with van der Waals surface area (Å²) in [4.78, 5) is 8.40. The van der Waals surface area contributed by atoms with Crippen molar-refractivity contribution < 1.29 is 0 Å². The summed E-state index contributed by atoms with van der Waals surface area (Å²) >= 11 is 0. The van der Waals surface area contributed by atoms with Gasteiger partial charge in [-0.1, -0.05) is 42.5 Å². The highest BCUT2D eigenvalue weighted by molar-refractivity contribution is 5.82. The van der Waals surface area contributed by atoms with E-state index in [1.165, 1.54) is 16.3 Å². The summed E-state index contributed by atoms with van der Waals surface area (Å²) in [5.74, 6) is 0.690. The number of aromatic nitrogens is 2. The third-order valence-corrected chi connectivity index (χ3v) is 3.19. The second-order valence-electron chi connectivity index (χ2n) is 4.60. The highest BCUT2D eigenvalue weighted by Gasteiger charge is 2.09. The Kier molecular flexibility index (Phi) is 3.21. The second-order valence-corrected chi connectivity index (χ2v) is 4.60. The number of fused-ring (bicyclic) bond motifs is 1. The van der Waals surface area contributed by atoms with Crippen molar-refractivity contribution in [2.24, 2.45) is 5.73 Å². The van der Waals surface area contributed by atoms with Crippen molar-refractivity contribution in [2.45, 2.75) is 12.5 Å². The number of hydrogen-bond acceptors (Lipinski definition) is 3. The van der Waals surface area contributed by atoms with E-state index in [-0.39, 0.29) is 6.04 Å². The van der Waals surface area contributed by atoms with Crippen LogP contribution >= 0.6 is 0 Å². The fourth-order valence-electron chi connectivity index (χ4n) is 2.21. The van der Waals surface area contributed by atoms with Crippen molar-refractivity contribution in [3.05, 3.63) is 72.3 Å². The maximum atomic E-state index is 6.15. The summed E-state index contributed by atoms with van der Waals surface area (Å²) in [6.07, 6.45) is 4.19. The maximum absolute atomic E-state index is 6.15. The van der Waals surface area contributed by atoms with Crippen LogP contribution in [0.5, 0.6) is 0 Å². The summed E-state index contributed by atoms with van der Waals surface area (Å²) in [6, 6.07) is 16.4. The first-order valence-electron chi connectivity index (χ1n) is 6.33. The van der Waals surface area contributed by atoms with E-state index in [0.717, 1.165) is 6.42 Å². The lowest BCUT2D eigenvalue weighted by atomic mass is 10.0. The van der Waals surface area contributed by atoms with Crippen molar-refractivity contribution >= 4 is 10.8 Å². The summed E-state index contributed by atoms with van der Waals surface area (Å²) in [5.41, 5.74) is 7.35. The second kappa shape index (κ2) is 5.16. The van der Waals surface area contributed by atoms with Crippen molar-refractivity contribution in [3.8, 4) is 0 Å². The smallest absolute Gasteiger partial charge is 0.145 e. The van der Waals surface area contributed by atoms with Gasteiger partial charge in [0.15, 0.2) is 0 Å². The van der Waals surface area contributed by atoms with Crippen LogP contribution in [0, 0.1) is 0 Å². The third kappa shape index (κ3) is 2.61. The van der Waals surface area contributed by atoms with Gasteiger partial charge in [0, 0.05) is 12.4 Å². The first-order valence-corrected chi connectivity index (χ1v) is 6.33. The SMILES string of the molecule is NC(Cc1ccc2ccccc2c1)c1ncccn1.